The van der Waals surface area contributed by atoms with Gasteiger partial charge >= 0.3 is 13.8 Å². The molecule has 1 unspecified atom stereocenters. The van der Waals surface area contributed by atoms with Crippen molar-refractivity contribution in [3.63, 3.8) is 0 Å². The van der Waals surface area contributed by atoms with Crippen LogP contribution in [0.5, 0.6) is 11.5 Å². The van der Waals surface area contributed by atoms with Crippen LogP contribution in [0.3, 0.4) is 0 Å². The summed E-state index contributed by atoms with van der Waals surface area (Å²) < 4.78 is 46.1. The van der Waals surface area contributed by atoms with Gasteiger partial charge < -0.3 is 30.7 Å². The molecule has 0 heterocycles. The summed E-state index contributed by atoms with van der Waals surface area (Å²) >= 11 is 0. The minimum atomic E-state index is -4.85. The van der Waals surface area contributed by atoms with Gasteiger partial charge in [0.15, 0.2) is 5.54 Å². The lowest BCUT2D eigenvalue weighted by Gasteiger charge is -2.24. The molecule has 0 aliphatic carbocycles. The minimum absolute atomic E-state index is 0.0101. The topological polar surface area (TPSA) is 138 Å². The summed E-state index contributed by atoms with van der Waals surface area (Å²) in [4.78, 5) is 12.4. The zero-order valence-corrected chi connectivity index (χ0v) is 16.9. The number of ether oxygens (including phenoxy) is 2. The van der Waals surface area contributed by atoms with Crippen LogP contribution < -0.4 is 26.0 Å². The number of halogens is 3. The normalized spacial score (nSPS) is 12.9. The van der Waals surface area contributed by atoms with E-state index in [1.165, 1.54) is 19.1 Å². The second-order valence-electron chi connectivity index (χ2n) is 6.90. The third kappa shape index (κ3) is 6.62. The van der Waals surface area contributed by atoms with Gasteiger partial charge in [-0.25, -0.2) is 0 Å². The number of aliphatic hydroxyl groups is 1. The highest BCUT2D eigenvalue weighted by molar-refractivity contribution is 6.46. The first-order chi connectivity index (χ1) is 15.0. The summed E-state index contributed by atoms with van der Waals surface area (Å²) in [6.07, 6.45) is -4.85. The Balaban J connectivity index is 2.11. The van der Waals surface area contributed by atoms with Crippen molar-refractivity contribution in [3.8, 4) is 17.6 Å². The Morgan fingerprint density at radius 3 is 2.41 bits per heavy atom. The Hall–Kier alpha value is -3.27. The predicted octanol–water partition coefficient (Wildman–Crippen LogP) is 0.864. The van der Waals surface area contributed by atoms with Gasteiger partial charge in [-0.1, -0.05) is 0 Å². The summed E-state index contributed by atoms with van der Waals surface area (Å²) in [7, 11) is 0.787. The molecule has 2 aromatic rings. The number of nitrogens with two attached hydrogens (primary N) is 1. The second-order valence-corrected chi connectivity index (χ2v) is 6.90. The molecule has 0 aliphatic heterocycles. The zero-order valence-electron chi connectivity index (χ0n) is 16.9. The van der Waals surface area contributed by atoms with E-state index in [1.807, 2.05) is 6.07 Å². The van der Waals surface area contributed by atoms with E-state index in [-0.39, 0.29) is 36.5 Å². The van der Waals surface area contributed by atoms with E-state index in [4.69, 9.17) is 10.5 Å². The Kier molecular flexibility index (Phi) is 8.10. The lowest BCUT2D eigenvalue weighted by atomic mass is 9.82. The molecule has 1 atom stereocenters. The number of carbonyl (C=O) groups excluding carboxylic acids is 1. The molecule has 1 amide bonds. The van der Waals surface area contributed by atoms with Crippen molar-refractivity contribution in [2.45, 2.75) is 32.0 Å². The fourth-order valence-corrected chi connectivity index (χ4v) is 2.75. The highest BCUT2D eigenvalue weighted by Crippen LogP contribution is 2.23. The summed E-state index contributed by atoms with van der Waals surface area (Å²) in [5.74, 6) is -0.954. The van der Waals surface area contributed by atoms with E-state index in [9.17, 15) is 33.4 Å². The van der Waals surface area contributed by atoms with E-state index in [0.717, 1.165) is 31.7 Å². The fraction of sp³-hybridized carbons (Fsp3) is 0.300. The number of hydrogen-bond donors (Lipinski definition) is 4. The van der Waals surface area contributed by atoms with Crippen LogP contribution in [0, 0.1) is 11.3 Å². The van der Waals surface area contributed by atoms with Gasteiger partial charge in [0.1, 0.15) is 18.1 Å². The number of amides is 1. The fourth-order valence-electron chi connectivity index (χ4n) is 2.75. The quantitative estimate of drug-likeness (QED) is 0.416. The first-order valence-corrected chi connectivity index (χ1v) is 9.20. The SMILES string of the molecule is CC(C#N)(COc1cc([B]O)c(CO)c(CN)c1)NC(=O)c1ccc(OC(F)(F)F)cc1. The Morgan fingerprint density at radius 2 is 1.91 bits per heavy atom. The number of hydrogen-bond acceptors (Lipinski definition) is 7. The number of nitrogens with one attached hydrogen (secondary N) is 1. The Bertz CT molecular complexity index is 970. The molecule has 0 spiro atoms. The summed E-state index contributed by atoms with van der Waals surface area (Å²) in [5.41, 5.74) is 5.40. The number of benzene rings is 2. The van der Waals surface area contributed by atoms with Gasteiger partial charge in [0.25, 0.3) is 5.91 Å². The van der Waals surface area contributed by atoms with Crippen LogP contribution in [0.15, 0.2) is 36.4 Å². The number of aliphatic hydroxyl groups excluding tert-OH is 1. The molecule has 2 rings (SSSR count). The molecular formula is C20H20BF3N3O5. The average molecular weight is 450 g/mol. The number of rotatable bonds is 9. The van der Waals surface area contributed by atoms with Crippen molar-refractivity contribution in [2.75, 3.05) is 6.61 Å². The number of carbonyl (C=O) groups is 1. The van der Waals surface area contributed by atoms with E-state index in [2.05, 4.69) is 10.1 Å². The van der Waals surface area contributed by atoms with Crippen molar-refractivity contribution >= 4 is 18.9 Å². The molecular weight excluding hydrogens is 430 g/mol. The number of alkyl halides is 3. The van der Waals surface area contributed by atoms with Crippen LogP contribution in [-0.2, 0) is 13.2 Å². The molecule has 5 N–H and O–H groups in total. The maximum atomic E-state index is 12.4. The molecule has 1 radical (unpaired) electrons. The number of nitrogens with zero attached hydrogens (tertiary/aromatic N) is 1. The van der Waals surface area contributed by atoms with Gasteiger partial charge in [-0.2, -0.15) is 5.26 Å². The van der Waals surface area contributed by atoms with Crippen molar-refractivity contribution in [1.29, 1.82) is 5.26 Å². The third-order valence-corrected chi connectivity index (χ3v) is 4.38. The largest absolute Gasteiger partial charge is 0.573 e. The molecule has 2 aromatic carbocycles. The third-order valence-electron chi connectivity index (χ3n) is 4.38. The van der Waals surface area contributed by atoms with Gasteiger partial charge in [-0.15, -0.1) is 13.2 Å². The number of nitriles is 1. The van der Waals surface area contributed by atoms with Crippen LogP contribution in [0.2, 0.25) is 0 Å². The van der Waals surface area contributed by atoms with E-state index in [1.54, 1.807) is 0 Å². The Morgan fingerprint density at radius 1 is 1.25 bits per heavy atom. The van der Waals surface area contributed by atoms with Crippen molar-refractivity contribution in [3.05, 3.63) is 53.1 Å². The second kappa shape index (κ2) is 10.4. The molecule has 12 heteroatoms. The molecule has 0 fully saturated rings. The molecule has 8 nitrogen and oxygen atoms in total. The van der Waals surface area contributed by atoms with Gasteiger partial charge in [0, 0.05) is 12.1 Å². The molecule has 0 aliphatic rings. The summed E-state index contributed by atoms with van der Waals surface area (Å²) in [6.45, 7) is 0.821. The monoisotopic (exact) mass is 450 g/mol. The van der Waals surface area contributed by atoms with Gasteiger partial charge in [0.2, 0.25) is 0 Å². The first-order valence-electron chi connectivity index (χ1n) is 9.20. The summed E-state index contributed by atoms with van der Waals surface area (Å²) in [6, 6.07) is 9.10. The van der Waals surface area contributed by atoms with Gasteiger partial charge in [-0.3, -0.25) is 4.79 Å². The van der Waals surface area contributed by atoms with Crippen molar-refractivity contribution in [1.82, 2.24) is 5.32 Å². The van der Waals surface area contributed by atoms with E-state index in [0.29, 0.717) is 11.1 Å². The maximum Gasteiger partial charge on any atom is 0.573 e. The highest BCUT2D eigenvalue weighted by Gasteiger charge is 2.31. The smallest absolute Gasteiger partial charge is 0.490 e. The highest BCUT2D eigenvalue weighted by atomic mass is 19.4. The summed E-state index contributed by atoms with van der Waals surface area (Å²) in [5, 5.41) is 30.8. The molecule has 0 aromatic heterocycles. The predicted molar refractivity (Wildman–Crippen MR) is 108 cm³/mol. The van der Waals surface area contributed by atoms with Crippen molar-refractivity contribution < 1.29 is 37.6 Å². The lowest BCUT2D eigenvalue weighted by molar-refractivity contribution is -0.274. The molecule has 0 saturated heterocycles. The molecule has 0 saturated carbocycles. The average Bonchev–Trinajstić information content (AvgIpc) is 2.76. The molecule has 169 valence electrons. The van der Waals surface area contributed by atoms with Crippen LogP contribution in [-0.4, -0.2) is 42.0 Å². The first kappa shape index (κ1) is 25.0. The maximum absolute atomic E-state index is 12.4. The minimum Gasteiger partial charge on any atom is -0.490 e. The zero-order chi connectivity index (χ0) is 23.9. The van der Waals surface area contributed by atoms with Crippen molar-refractivity contribution in [2.24, 2.45) is 5.73 Å². The lowest BCUT2D eigenvalue weighted by Crippen LogP contribution is -2.49. The molecule has 0 bridgehead atoms. The molecule has 32 heavy (non-hydrogen) atoms. The Labute approximate surface area is 182 Å². The van der Waals surface area contributed by atoms with E-state index < -0.39 is 23.6 Å². The van der Waals surface area contributed by atoms with Crippen LogP contribution in [0.25, 0.3) is 0 Å². The van der Waals surface area contributed by atoms with Gasteiger partial charge in [0.05, 0.1) is 12.7 Å². The standard InChI is InChI=1S/C20H20BF3N3O5/c1-19(10-26,11-31-15-6-13(8-25)16(9-28)17(7-15)21-30)27-18(29)12-2-4-14(5-3-12)32-20(22,23)24/h2-7,28,30H,8-9,11,25H2,1H3,(H,27,29). The van der Waals surface area contributed by atoms with Gasteiger partial charge in [-0.05, 0) is 59.9 Å². The van der Waals surface area contributed by atoms with E-state index >= 15 is 0 Å². The van der Waals surface area contributed by atoms with Crippen LogP contribution in [0.4, 0.5) is 13.2 Å². The van der Waals surface area contributed by atoms with Crippen LogP contribution >= 0.6 is 0 Å². The van der Waals surface area contributed by atoms with Crippen LogP contribution in [0.1, 0.15) is 28.4 Å².